The minimum absolute atomic E-state index is 0.323. The van der Waals surface area contributed by atoms with Gasteiger partial charge in [0.15, 0.2) is 0 Å². The van der Waals surface area contributed by atoms with Gasteiger partial charge in [-0.3, -0.25) is 4.72 Å². The van der Waals surface area contributed by atoms with Crippen molar-refractivity contribution in [2.24, 2.45) is 0 Å². The summed E-state index contributed by atoms with van der Waals surface area (Å²) in [6, 6.07) is 22.9. The van der Waals surface area contributed by atoms with Gasteiger partial charge in [-0.15, -0.1) is 11.3 Å². The smallest absolute Gasteiger partial charge is 0.261 e. The van der Waals surface area contributed by atoms with Gasteiger partial charge in [-0.05, 0) is 61.1 Å². The molecule has 0 bridgehead atoms. The number of hydrogen-bond acceptors (Lipinski definition) is 4. The number of thiazole rings is 1. The Hall–Kier alpha value is -2.96. The van der Waals surface area contributed by atoms with Crippen LogP contribution in [0.1, 0.15) is 24.0 Å². The van der Waals surface area contributed by atoms with Gasteiger partial charge < -0.3 is 0 Å². The lowest BCUT2D eigenvalue weighted by Gasteiger charge is -2.17. The second-order valence-corrected chi connectivity index (χ2v) is 10.3. The number of nitrogens with one attached hydrogen (secondary N) is 1. The van der Waals surface area contributed by atoms with Crippen molar-refractivity contribution in [2.75, 3.05) is 4.72 Å². The van der Waals surface area contributed by atoms with E-state index in [4.69, 9.17) is 4.98 Å². The van der Waals surface area contributed by atoms with Gasteiger partial charge in [-0.2, -0.15) is 0 Å². The molecule has 0 aliphatic heterocycles. The molecule has 0 fully saturated rings. The Morgan fingerprint density at radius 3 is 2.32 bits per heavy atom. The van der Waals surface area contributed by atoms with E-state index < -0.39 is 10.0 Å². The standard InChI is InChI=1S/C25H22N2O2S2/c28-31(29,23-15-12-18-6-4-5-9-21(18)16-23)27-22-13-10-19(11-14-22)24-17-30-25(26-24)20-7-2-1-3-8-20/h1-3,7-8,10-17,27H,4-6,9H2. The summed E-state index contributed by atoms with van der Waals surface area (Å²) in [6.45, 7) is 0. The zero-order chi connectivity index (χ0) is 21.3. The normalized spacial score (nSPS) is 13.5. The van der Waals surface area contributed by atoms with Crippen LogP contribution in [0.3, 0.4) is 0 Å². The first kappa shape index (κ1) is 20.0. The third-order valence-electron chi connectivity index (χ3n) is 5.59. The highest BCUT2D eigenvalue weighted by atomic mass is 32.2. The lowest BCUT2D eigenvalue weighted by Crippen LogP contribution is -2.14. The van der Waals surface area contributed by atoms with Crippen LogP contribution >= 0.6 is 11.3 Å². The highest BCUT2D eigenvalue weighted by Crippen LogP contribution is 2.30. The van der Waals surface area contributed by atoms with Crippen molar-refractivity contribution >= 4 is 27.0 Å². The molecule has 1 aliphatic carbocycles. The predicted molar refractivity (Wildman–Crippen MR) is 127 cm³/mol. The molecule has 31 heavy (non-hydrogen) atoms. The zero-order valence-corrected chi connectivity index (χ0v) is 18.5. The van der Waals surface area contributed by atoms with Gasteiger partial charge in [0.1, 0.15) is 5.01 Å². The quantitative estimate of drug-likeness (QED) is 0.400. The summed E-state index contributed by atoms with van der Waals surface area (Å²) in [4.78, 5) is 5.05. The van der Waals surface area contributed by atoms with Crippen molar-refractivity contribution in [2.45, 2.75) is 30.6 Å². The highest BCUT2D eigenvalue weighted by Gasteiger charge is 2.18. The molecule has 3 aromatic carbocycles. The molecule has 6 heteroatoms. The van der Waals surface area contributed by atoms with Gasteiger partial charge in [-0.1, -0.05) is 48.5 Å². The summed E-state index contributed by atoms with van der Waals surface area (Å²) in [5.74, 6) is 0. The summed E-state index contributed by atoms with van der Waals surface area (Å²) < 4.78 is 28.5. The van der Waals surface area contributed by atoms with Crippen molar-refractivity contribution in [3.05, 3.63) is 89.3 Å². The summed E-state index contributed by atoms with van der Waals surface area (Å²) in [5.41, 5.74) is 5.89. The highest BCUT2D eigenvalue weighted by molar-refractivity contribution is 7.92. The first-order valence-corrected chi connectivity index (χ1v) is 12.7. The average molecular weight is 447 g/mol. The van der Waals surface area contributed by atoms with E-state index in [1.165, 1.54) is 12.0 Å². The third kappa shape index (κ3) is 4.27. The molecule has 0 spiro atoms. The Balaban J connectivity index is 1.34. The molecule has 0 amide bonds. The van der Waals surface area contributed by atoms with Crippen LogP contribution in [-0.2, 0) is 22.9 Å². The molecule has 4 nitrogen and oxygen atoms in total. The maximum atomic E-state index is 12.9. The Kier molecular flexibility index (Phi) is 5.34. The van der Waals surface area contributed by atoms with Gasteiger partial charge in [0.2, 0.25) is 0 Å². The van der Waals surface area contributed by atoms with Crippen LogP contribution < -0.4 is 4.72 Å². The Morgan fingerprint density at radius 1 is 0.806 bits per heavy atom. The number of rotatable bonds is 5. The van der Waals surface area contributed by atoms with Crippen LogP contribution in [0.4, 0.5) is 5.69 Å². The van der Waals surface area contributed by atoms with Crippen molar-refractivity contribution in [1.82, 2.24) is 4.98 Å². The fourth-order valence-electron chi connectivity index (χ4n) is 3.92. The lowest BCUT2D eigenvalue weighted by atomic mass is 9.92. The third-order valence-corrected chi connectivity index (χ3v) is 7.86. The molecule has 1 heterocycles. The minimum atomic E-state index is -3.62. The van der Waals surface area contributed by atoms with Crippen molar-refractivity contribution in [3.8, 4) is 21.8 Å². The van der Waals surface area contributed by atoms with Crippen molar-refractivity contribution in [3.63, 3.8) is 0 Å². The molecular weight excluding hydrogens is 424 g/mol. The fourth-order valence-corrected chi connectivity index (χ4v) is 5.86. The number of benzene rings is 3. The topological polar surface area (TPSA) is 59.1 Å². The minimum Gasteiger partial charge on any atom is -0.280 e. The van der Waals surface area contributed by atoms with Crippen LogP contribution in [0.2, 0.25) is 0 Å². The molecular formula is C25H22N2O2S2. The van der Waals surface area contributed by atoms with E-state index in [2.05, 4.69) is 4.72 Å². The van der Waals surface area contributed by atoms with Gasteiger partial charge in [0.05, 0.1) is 10.6 Å². The zero-order valence-electron chi connectivity index (χ0n) is 16.9. The monoisotopic (exact) mass is 446 g/mol. The second-order valence-electron chi connectivity index (χ2n) is 7.72. The molecule has 156 valence electrons. The van der Waals surface area contributed by atoms with E-state index in [0.717, 1.165) is 46.7 Å². The van der Waals surface area contributed by atoms with Crippen LogP contribution in [0, 0.1) is 0 Å². The second kappa shape index (κ2) is 8.29. The predicted octanol–water partition coefficient (Wildman–Crippen LogP) is 6.16. The van der Waals surface area contributed by atoms with Gasteiger partial charge >= 0.3 is 0 Å². The Bertz CT molecular complexity index is 1310. The van der Waals surface area contributed by atoms with Gasteiger partial charge in [0, 0.05) is 22.2 Å². The van der Waals surface area contributed by atoms with Crippen molar-refractivity contribution < 1.29 is 8.42 Å². The molecule has 4 aromatic rings. The van der Waals surface area contributed by atoms with Crippen LogP contribution in [0.25, 0.3) is 21.8 Å². The molecule has 0 unspecified atom stereocenters. The molecule has 5 rings (SSSR count). The number of sulfonamides is 1. The summed E-state index contributed by atoms with van der Waals surface area (Å²) in [6.07, 6.45) is 4.28. The van der Waals surface area contributed by atoms with Crippen LogP contribution in [-0.4, -0.2) is 13.4 Å². The number of aryl methyl sites for hydroxylation is 2. The molecule has 1 aliphatic rings. The number of fused-ring (bicyclic) bond motifs is 1. The van der Waals surface area contributed by atoms with Crippen LogP contribution in [0.15, 0.2) is 83.1 Å². The lowest BCUT2D eigenvalue weighted by molar-refractivity contribution is 0.600. The number of aromatic nitrogens is 1. The first-order chi connectivity index (χ1) is 15.1. The van der Waals surface area contributed by atoms with Gasteiger partial charge in [-0.25, -0.2) is 13.4 Å². The van der Waals surface area contributed by atoms with Gasteiger partial charge in [0.25, 0.3) is 10.0 Å². The average Bonchev–Trinajstić information content (AvgIpc) is 3.30. The Labute approximate surface area is 186 Å². The van der Waals surface area contributed by atoms with E-state index in [0.29, 0.717) is 10.6 Å². The summed E-state index contributed by atoms with van der Waals surface area (Å²) in [7, 11) is -3.62. The van der Waals surface area contributed by atoms with Crippen molar-refractivity contribution in [1.29, 1.82) is 0 Å². The fraction of sp³-hybridized carbons (Fsp3) is 0.160. The van der Waals surface area contributed by atoms with E-state index in [1.54, 1.807) is 29.5 Å². The number of hydrogen-bond donors (Lipinski definition) is 1. The SMILES string of the molecule is O=S(=O)(Nc1ccc(-c2csc(-c3ccccc3)n2)cc1)c1ccc2c(c1)CCCC2. The Morgan fingerprint density at radius 2 is 1.55 bits per heavy atom. The van der Waals surface area contributed by atoms with E-state index in [1.807, 2.05) is 60.0 Å². The summed E-state index contributed by atoms with van der Waals surface area (Å²) >= 11 is 1.60. The van der Waals surface area contributed by atoms with E-state index in [-0.39, 0.29) is 0 Å². The molecule has 0 atom stereocenters. The maximum Gasteiger partial charge on any atom is 0.261 e. The maximum absolute atomic E-state index is 12.9. The molecule has 1 aromatic heterocycles. The summed E-state index contributed by atoms with van der Waals surface area (Å²) in [5, 5.41) is 2.99. The largest absolute Gasteiger partial charge is 0.280 e. The number of anilines is 1. The number of nitrogens with zero attached hydrogens (tertiary/aromatic N) is 1. The molecule has 0 radical (unpaired) electrons. The molecule has 0 saturated carbocycles. The van der Waals surface area contributed by atoms with Crippen LogP contribution in [0.5, 0.6) is 0 Å². The van der Waals surface area contributed by atoms with E-state index in [9.17, 15) is 8.42 Å². The molecule has 0 saturated heterocycles. The first-order valence-electron chi connectivity index (χ1n) is 10.3. The molecule has 1 N–H and O–H groups in total. The van der Waals surface area contributed by atoms with E-state index >= 15 is 0 Å².